The molecule has 2 aliphatic rings. The lowest BCUT2D eigenvalue weighted by Crippen LogP contribution is -2.33. The lowest BCUT2D eigenvalue weighted by Gasteiger charge is -2.23. The van der Waals surface area contributed by atoms with Crippen LogP contribution in [0.3, 0.4) is 0 Å². The third-order valence-electron chi connectivity index (χ3n) is 7.88. The van der Waals surface area contributed by atoms with E-state index in [4.69, 9.17) is 15.1 Å². The first kappa shape index (κ1) is 25.0. The molecule has 0 saturated carbocycles. The lowest BCUT2D eigenvalue weighted by atomic mass is 10.0. The van der Waals surface area contributed by atoms with Crippen molar-refractivity contribution < 1.29 is 9.21 Å². The monoisotopic (exact) mass is 530 g/mol. The van der Waals surface area contributed by atoms with Crippen molar-refractivity contribution in [2.75, 3.05) is 12.3 Å². The van der Waals surface area contributed by atoms with Gasteiger partial charge in [0, 0.05) is 36.5 Å². The molecule has 1 aliphatic carbocycles. The fourth-order valence-electron chi connectivity index (χ4n) is 5.97. The third-order valence-corrected chi connectivity index (χ3v) is 8.93. The van der Waals surface area contributed by atoms with E-state index in [1.165, 1.54) is 23.9 Å². The zero-order chi connectivity index (χ0) is 26.2. The molecule has 198 valence electrons. The van der Waals surface area contributed by atoms with Crippen molar-refractivity contribution in [3.63, 3.8) is 0 Å². The summed E-state index contributed by atoms with van der Waals surface area (Å²) in [4.78, 5) is 28.8. The van der Waals surface area contributed by atoms with E-state index in [0.717, 1.165) is 90.8 Å². The largest absolute Gasteiger partial charge is 0.461 e. The molecule has 1 atom stereocenters. The van der Waals surface area contributed by atoms with E-state index in [1.807, 2.05) is 17.9 Å². The van der Waals surface area contributed by atoms with Crippen LogP contribution in [-0.4, -0.2) is 42.9 Å². The first-order chi connectivity index (χ1) is 18.5. The number of anilines is 1. The molecule has 0 bridgehead atoms. The Labute approximate surface area is 227 Å². The van der Waals surface area contributed by atoms with E-state index in [-0.39, 0.29) is 5.91 Å². The Balaban J connectivity index is 1.29. The molecule has 2 N–H and O–H groups in total. The van der Waals surface area contributed by atoms with Gasteiger partial charge in [0.15, 0.2) is 22.1 Å². The number of hydrogen-bond donors (Lipinski definition) is 1. The van der Waals surface area contributed by atoms with Gasteiger partial charge >= 0.3 is 0 Å². The summed E-state index contributed by atoms with van der Waals surface area (Å²) in [5.41, 5.74) is 11.6. The molecule has 38 heavy (non-hydrogen) atoms. The predicted molar refractivity (Wildman–Crippen MR) is 149 cm³/mol. The number of imidazole rings is 1. The molecule has 9 heteroatoms. The molecule has 8 nitrogen and oxygen atoms in total. The molecule has 1 fully saturated rings. The molecule has 1 aromatic carbocycles. The van der Waals surface area contributed by atoms with E-state index in [1.54, 1.807) is 18.7 Å². The van der Waals surface area contributed by atoms with Crippen molar-refractivity contribution in [3.8, 4) is 11.3 Å². The molecule has 3 aromatic heterocycles. The fourth-order valence-corrected chi connectivity index (χ4v) is 7.06. The fraction of sp³-hybridized carbons (Fsp3) is 0.448. The molecule has 4 aromatic rings. The van der Waals surface area contributed by atoms with Crippen LogP contribution in [0.25, 0.3) is 22.5 Å². The van der Waals surface area contributed by atoms with Gasteiger partial charge in [-0.3, -0.25) is 4.79 Å². The Morgan fingerprint density at radius 3 is 2.79 bits per heavy atom. The smallest absolute Gasteiger partial charge is 0.219 e. The molecule has 1 unspecified atom stereocenters. The highest BCUT2D eigenvalue weighted by molar-refractivity contribution is 7.99. The number of aryl methyl sites for hydroxylation is 4. The van der Waals surface area contributed by atoms with E-state index in [2.05, 4.69) is 32.7 Å². The summed E-state index contributed by atoms with van der Waals surface area (Å²) >= 11 is 1.65. The van der Waals surface area contributed by atoms with Crippen molar-refractivity contribution in [1.82, 2.24) is 24.4 Å². The highest BCUT2D eigenvalue weighted by atomic mass is 32.2. The Morgan fingerprint density at radius 1 is 1.16 bits per heavy atom. The number of fused-ring (bicyclic) bond motifs is 2. The first-order valence-corrected chi connectivity index (χ1v) is 14.4. The number of likely N-dealkylation sites (tertiary alicyclic amines) is 1. The van der Waals surface area contributed by atoms with Crippen LogP contribution >= 0.6 is 11.8 Å². The van der Waals surface area contributed by atoms with E-state index >= 15 is 0 Å². The van der Waals surface area contributed by atoms with Crippen molar-refractivity contribution in [1.29, 1.82) is 0 Å². The van der Waals surface area contributed by atoms with E-state index in [9.17, 15) is 4.79 Å². The summed E-state index contributed by atoms with van der Waals surface area (Å²) in [5.74, 6) is 2.37. The normalized spacial score (nSPS) is 17.0. The summed E-state index contributed by atoms with van der Waals surface area (Å²) in [7, 11) is 0. The minimum absolute atomic E-state index is 0.191. The molecule has 6 rings (SSSR count). The minimum atomic E-state index is 0.191. The van der Waals surface area contributed by atoms with Gasteiger partial charge in [-0.2, -0.15) is 0 Å². The summed E-state index contributed by atoms with van der Waals surface area (Å²) < 4.78 is 8.24. The molecule has 0 radical (unpaired) electrons. The Bertz CT molecular complexity index is 1490. The Hall–Kier alpha value is -3.33. The number of rotatable bonds is 8. The standard InChI is InChI=1S/C29H34N6O2S/c1-18-11-12-24(37-18)23-15-20-7-5-8-21(20)16-25(23)38-29-33-26-27(30)31-17-32-28(26)35(29)13-4-3-9-22-10-6-14-34(22)19(2)36/h11-12,15-17,22H,3-10,13-14H2,1-2H3,(H2,30,31,32). The van der Waals surface area contributed by atoms with Crippen LogP contribution in [0.2, 0.25) is 0 Å². The number of carbonyl (C=O) groups is 1. The third kappa shape index (κ3) is 4.79. The molecule has 1 aliphatic heterocycles. The number of furan rings is 1. The molecular weight excluding hydrogens is 496 g/mol. The van der Waals surface area contributed by atoms with E-state index < -0.39 is 0 Å². The number of aromatic nitrogens is 4. The lowest BCUT2D eigenvalue weighted by molar-refractivity contribution is -0.129. The van der Waals surface area contributed by atoms with Crippen LogP contribution < -0.4 is 5.73 Å². The second-order valence-corrected chi connectivity index (χ2v) is 11.5. The number of carbonyl (C=O) groups excluding carboxylic acids is 1. The van der Waals surface area contributed by atoms with Crippen molar-refractivity contribution >= 4 is 34.7 Å². The average molecular weight is 531 g/mol. The molecule has 1 saturated heterocycles. The molecule has 1 amide bonds. The summed E-state index contributed by atoms with van der Waals surface area (Å²) in [6.07, 6.45) is 10.2. The molecule has 4 heterocycles. The van der Waals surface area contributed by atoms with Crippen molar-refractivity contribution in [3.05, 3.63) is 47.5 Å². The highest BCUT2D eigenvalue weighted by Gasteiger charge is 2.26. The number of nitrogens with two attached hydrogens (primary N) is 1. The van der Waals surface area contributed by atoms with Crippen molar-refractivity contribution in [2.45, 2.75) is 87.9 Å². The minimum Gasteiger partial charge on any atom is -0.461 e. The van der Waals surface area contributed by atoms with Crippen LogP contribution in [0.15, 0.2) is 45.1 Å². The first-order valence-electron chi connectivity index (χ1n) is 13.6. The highest BCUT2D eigenvalue weighted by Crippen LogP contribution is 2.41. The summed E-state index contributed by atoms with van der Waals surface area (Å²) in [6, 6.07) is 9.04. The van der Waals surface area contributed by atoms with Gasteiger partial charge in [0.1, 0.15) is 17.8 Å². The maximum atomic E-state index is 12.0. The Morgan fingerprint density at radius 2 is 2.00 bits per heavy atom. The van der Waals surface area contributed by atoms with Gasteiger partial charge in [0.2, 0.25) is 5.91 Å². The summed E-state index contributed by atoms with van der Waals surface area (Å²) in [6.45, 7) is 5.33. The van der Waals surface area contributed by atoms with E-state index in [0.29, 0.717) is 17.4 Å². The SMILES string of the molecule is CC(=O)N1CCCC1CCCCn1c(Sc2cc3c(cc2-c2ccc(C)o2)CCC3)nc2c(N)ncnc21. The maximum Gasteiger partial charge on any atom is 0.219 e. The van der Waals surface area contributed by atoms with Gasteiger partial charge in [-0.05, 0) is 93.7 Å². The number of benzene rings is 1. The number of nitrogen functional groups attached to an aromatic ring is 1. The van der Waals surface area contributed by atoms with Gasteiger partial charge in [-0.15, -0.1) is 0 Å². The number of amides is 1. The van der Waals surface area contributed by atoms with Crippen LogP contribution in [0.5, 0.6) is 0 Å². The van der Waals surface area contributed by atoms with Crippen LogP contribution in [0.1, 0.15) is 62.3 Å². The zero-order valence-corrected chi connectivity index (χ0v) is 22.9. The second kappa shape index (κ2) is 10.4. The topological polar surface area (TPSA) is 103 Å². The summed E-state index contributed by atoms with van der Waals surface area (Å²) in [5, 5.41) is 0.862. The average Bonchev–Trinajstić information content (AvgIpc) is 3.69. The van der Waals surface area contributed by atoms with Gasteiger partial charge < -0.3 is 19.6 Å². The molecule has 0 spiro atoms. The van der Waals surface area contributed by atoms with Gasteiger partial charge in [-0.1, -0.05) is 11.8 Å². The number of nitrogens with zero attached hydrogens (tertiary/aromatic N) is 5. The van der Waals surface area contributed by atoms with Crippen LogP contribution in [0.4, 0.5) is 5.82 Å². The number of hydrogen-bond acceptors (Lipinski definition) is 7. The Kier molecular flexibility index (Phi) is 6.86. The van der Waals surface area contributed by atoms with Gasteiger partial charge in [-0.25, -0.2) is 15.0 Å². The van der Waals surface area contributed by atoms with Gasteiger partial charge in [0.05, 0.1) is 0 Å². The molecular formula is C29H34N6O2S. The second-order valence-electron chi connectivity index (χ2n) is 10.5. The predicted octanol–water partition coefficient (Wildman–Crippen LogP) is 5.80. The maximum absolute atomic E-state index is 12.0. The van der Waals surface area contributed by atoms with Crippen molar-refractivity contribution in [2.24, 2.45) is 0 Å². The zero-order valence-electron chi connectivity index (χ0n) is 22.1. The van der Waals surface area contributed by atoms with Gasteiger partial charge in [0.25, 0.3) is 0 Å². The van der Waals surface area contributed by atoms with Crippen LogP contribution in [-0.2, 0) is 24.2 Å². The number of unbranched alkanes of at least 4 members (excludes halogenated alkanes) is 1. The van der Waals surface area contributed by atoms with Crippen LogP contribution in [0, 0.1) is 6.92 Å². The quantitative estimate of drug-likeness (QED) is 0.287.